The summed E-state index contributed by atoms with van der Waals surface area (Å²) in [6.07, 6.45) is 3.23. The second-order valence-corrected chi connectivity index (χ2v) is 5.98. The molecular weight excluding hydrogens is 342 g/mol. The normalized spacial score (nSPS) is 11.1. The third-order valence-corrected chi connectivity index (χ3v) is 4.11. The molecule has 1 amide bonds. The summed E-state index contributed by atoms with van der Waals surface area (Å²) in [7, 11) is 1.58. The average Bonchev–Trinajstić information content (AvgIpc) is 2.72. The molecule has 0 fully saturated rings. The van der Waals surface area contributed by atoms with Crippen molar-refractivity contribution >= 4 is 22.8 Å². The molecule has 6 nitrogen and oxygen atoms in total. The van der Waals surface area contributed by atoms with Gasteiger partial charge >= 0.3 is 0 Å². The number of ether oxygens (including phenoxy) is 1. The van der Waals surface area contributed by atoms with Crippen LogP contribution in [0.25, 0.3) is 16.8 Å². The van der Waals surface area contributed by atoms with E-state index in [4.69, 9.17) is 4.74 Å². The lowest BCUT2D eigenvalue weighted by molar-refractivity contribution is -0.116. The maximum absolute atomic E-state index is 12.5. The highest BCUT2D eigenvalue weighted by atomic mass is 16.5. The van der Waals surface area contributed by atoms with Gasteiger partial charge in [0.2, 0.25) is 5.91 Å². The summed E-state index contributed by atoms with van der Waals surface area (Å²) in [5.41, 5.74) is 1.42. The molecule has 0 saturated carbocycles. The van der Waals surface area contributed by atoms with E-state index in [2.05, 4.69) is 10.4 Å². The van der Waals surface area contributed by atoms with Crippen LogP contribution >= 0.6 is 0 Å². The van der Waals surface area contributed by atoms with E-state index in [9.17, 15) is 9.59 Å². The second kappa shape index (κ2) is 8.91. The molecule has 0 aliphatic carbocycles. The number of fused-ring (bicyclic) bond motifs is 1. The summed E-state index contributed by atoms with van der Waals surface area (Å²) in [5.74, 6) is -0.223. The van der Waals surface area contributed by atoms with Gasteiger partial charge in [-0.1, -0.05) is 48.5 Å². The minimum Gasteiger partial charge on any atom is -0.383 e. The van der Waals surface area contributed by atoms with Gasteiger partial charge in [0, 0.05) is 18.6 Å². The zero-order valence-corrected chi connectivity index (χ0v) is 15.1. The molecule has 0 bridgehead atoms. The van der Waals surface area contributed by atoms with Crippen LogP contribution in [0.4, 0.5) is 0 Å². The van der Waals surface area contributed by atoms with Gasteiger partial charge in [0.1, 0.15) is 0 Å². The zero-order valence-electron chi connectivity index (χ0n) is 15.1. The summed E-state index contributed by atoms with van der Waals surface area (Å²) < 4.78 is 6.43. The zero-order chi connectivity index (χ0) is 19.1. The van der Waals surface area contributed by atoms with Gasteiger partial charge in [0.15, 0.2) is 0 Å². The van der Waals surface area contributed by atoms with Crippen LogP contribution in [0.15, 0.2) is 65.5 Å². The van der Waals surface area contributed by atoms with Gasteiger partial charge in [-0.3, -0.25) is 9.59 Å². The Balaban J connectivity index is 1.79. The van der Waals surface area contributed by atoms with Gasteiger partial charge in [0.25, 0.3) is 5.56 Å². The van der Waals surface area contributed by atoms with E-state index >= 15 is 0 Å². The SMILES string of the molecule is COCCn1nc(CNC(=O)/C=C/c2ccccc2)c2ccccc2c1=O. The number of aromatic nitrogens is 2. The Hall–Kier alpha value is -3.25. The number of hydrogen-bond acceptors (Lipinski definition) is 4. The van der Waals surface area contributed by atoms with Crippen LogP contribution in [-0.4, -0.2) is 29.4 Å². The van der Waals surface area contributed by atoms with Gasteiger partial charge in [-0.25, -0.2) is 4.68 Å². The Bertz CT molecular complexity index is 1010. The van der Waals surface area contributed by atoms with E-state index in [1.807, 2.05) is 48.5 Å². The first kappa shape index (κ1) is 18.5. The van der Waals surface area contributed by atoms with Crippen LogP contribution in [-0.2, 0) is 22.6 Å². The topological polar surface area (TPSA) is 73.2 Å². The minimum atomic E-state index is -0.223. The number of rotatable bonds is 7. The quantitative estimate of drug-likeness (QED) is 0.654. The summed E-state index contributed by atoms with van der Waals surface area (Å²) in [5, 5.41) is 8.56. The van der Waals surface area contributed by atoms with E-state index in [1.54, 1.807) is 19.3 Å². The van der Waals surface area contributed by atoms with Crippen LogP contribution < -0.4 is 10.9 Å². The lowest BCUT2D eigenvalue weighted by Crippen LogP contribution is -2.29. The second-order valence-electron chi connectivity index (χ2n) is 5.98. The monoisotopic (exact) mass is 363 g/mol. The lowest BCUT2D eigenvalue weighted by atomic mass is 10.1. The summed E-state index contributed by atoms with van der Waals surface area (Å²) in [6.45, 7) is 0.970. The Labute approximate surface area is 157 Å². The summed E-state index contributed by atoms with van der Waals surface area (Å²) >= 11 is 0. The maximum atomic E-state index is 12.5. The first-order chi connectivity index (χ1) is 13.2. The van der Waals surface area contributed by atoms with Gasteiger partial charge in [0.05, 0.1) is 30.8 Å². The molecule has 27 heavy (non-hydrogen) atoms. The van der Waals surface area contributed by atoms with Gasteiger partial charge in [-0.2, -0.15) is 5.10 Å². The van der Waals surface area contributed by atoms with Crippen LogP contribution in [0.5, 0.6) is 0 Å². The molecule has 0 saturated heterocycles. The standard InChI is InChI=1S/C21H21N3O3/c1-27-14-13-24-21(26)18-10-6-5-9-17(18)19(23-24)15-22-20(25)12-11-16-7-3-2-4-8-16/h2-12H,13-15H2,1H3,(H,22,25)/b12-11+. The number of carbonyl (C=O) groups is 1. The van der Waals surface area contributed by atoms with Crippen molar-refractivity contribution < 1.29 is 9.53 Å². The molecule has 6 heteroatoms. The third kappa shape index (κ3) is 4.68. The van der Waals surface area contributed by atoms with Crippen molar-refractivity contribution in [2.75, 3.05) is 13.7 Å². The number of methoxy groups -OCH3 is 1. The van der Waals surface area contributed by atoms with Crippen molar-refractivity contribution in [1.29, 1.82) is 0 Å². The molecule has 0 atom stereocenters. The number of amides is 1. The van der Waals surface area contributed by atoms with Gasteiger partial charge in [-0.05, 0) is 17.7 Å². The fourth-order valence-electron chi connectivity index (χ4n) is 2.73. The first-order valence-electron chi connectivity index (χ1n) is 8.67. The molecule has 2 aromatic carbocycles. The molecule has 1 heterocycles. The van der Waals surface area contributed by atoms with Crippen LogP contribution in [0.1, 0.15) is 11.3 Å². The molecule has 0 radical (unpaired) electrons. The Kier molecular flexibility index (Phi) is 6.12. The van der Waals surface area contributed by atoms with Crippen LogP contribution in [0.3, 0.4) is 0 Å². The summed E-state index contributed by atoms with van der Waals surface area (Å²) in [4.78, 5) is 24.7. The smallest absolute Gasteiger partial charge is 0.274 e. The van der Waals surface area contributed by atoms with Crippen LogP contribution in [0.2, 0.25) is 0 Å². The number of hydrogen-bond donors (Lipinski definition) is 1. The molecule has 0 unspecified atom stereocenters. The van der Waals surface area contributed by atoms with Crippen molar-refractivity contribution in [1.82, 2.24) is 15.1 Å². The van der Waals surface area contributed by atoms with Crippen molar-refractivity contribution in [2.45, 2.75) is 13.1 Å². The van der Waals surface area contributed by atoms with E-state index in [0.717, 1.165) is 10.9 Å². The van der Waals surface area contributed by atoms with E-state index in [0.29, 0.717) is 24.2 Å². The predicted molar refractivity (Wildman–Crippen MR) is 105 cm³/mol. The third-order valence-electron chi connectivity index (χ3n) is 4.11. The highest BCUT2D eigenvalue weighted by Gasteiger charge is 2.10. The molecule has 138 valence electrons. The Morgan fingerprint density at radius 2 is 1.81 bits per heavy atom. The van der Waals surface area contributed by atoms with Gasteiger partial charge in [-0.15, -0.1) is 0 Å². The number of nitrogens with one attached hydrogen (secondary N) is 1. The molecule has 3 rings (SSSR count). The maximum Gasteiger partial charge on any atom is 0.274 e. The highest BCUT2D eigenvalue weighted by molar-refractivity contribution is 5.92. The first-order valence-corrected chi connectivity index (χ1v) is 8.67. The number of nitrogens with zero attached hydrogens (tertiary/aromatic N) is 2. The van der Waals surface area contributed by atoms with E-state index in [1.165, 1.54) is 10.8 Å². The lowest BCUT2D eigenvalue weighted by Gasteiger charge is -2.11. The Morgan fingerprint density at radius 1 is 1.11 bits per heavy atom. The minimum absolute atomic E-state index is 0.165. The number of carbonyl (C=O) groups excluding carboxylic acids is 1. The molecule has 3 aromatic rings. The van der Waals surface area contributed by atoms with Crippen molar-refractivity contribution in [2.24, 2.45) is 0 Å². The molecular formula is C21H21N3O3. The highest BCUT2D eigenvalue weighted by Crippen LogP contribution is 2.13. The van der Waals surface area contributed by atoms with Crippen molar-refractivity contribution in [3.05, 3.63) is 82.3 Å². The van der Waals surface area contributed by atoms with E-state index < -0.39 is 0 Å². The summed E-state index contributed by atoms with van der Waals surface area (Å²) in [6, 6.07) is 16.9. The molecule has 0 aliphatic rings. The average molecular weight is 363 g/mol. The largest absolute Gasteiger partial charge is 0.383 e. The fourth-order valence-corrected chi connectivity index (χ4v) is 2.73. The molecule has 1 N–H and O–H groups in total. The van der Waals surface area contributed by atoms with Crippen LogP contribution in [0, 0.1) is 0 Å². The van der Waals surface area contributed by atoms with E-state index in [-0.39, 0.29) is 18.0 Å². The Morgan fingerprint density at radius 3 is 2.56 bits per heavy atom. The predicted octanol–water partition coefficient (Wildman–Crippen LogP) is 2.37. The number of benzene rings is 2. The van der Waals surface area contributed by atoms with Crippen molar-refractivity contribution in [3.63, 3.8) is 0 Å². The molecule has 0 spiro atoms. The van der Waals surface area contributed by atoms with Crippen molar-refractivity contribution in [3.8, 4) is 0 Å². The van der Waals surface area contributed by atoms with Gasteiger partial charge < -0.3 is 10.1 Å². The fraction of sp³-hybridized carbons (Fsp3) is 0.190. The molecule has 0 aliphatic heterocycles. The molecule has 1 aromatic heterocycles.